The molecule has 168 valence electrons. The smallest absolute Gasteiger partial charge is 0.161 e. The number of piperazine rings is 1. The number of hydrogen-bond acceptors (Lipinski definition) is 7. The second kappa shape index (κ2) is 10.9. The normalized spacial score (nSPS) is 17.9. The fraction of sp³-hybridized carbons (Fsp3) is 0.583. The van der Waals surface area contributed by atoms with Crippen molar-refractivity contribution in [1.82, 2.24) is 19.8 Å². The maximum atomic E-state index is 9.11. The Labute approximate surface area is 186 Å². The topological polar surface area (TPSA) is 67.8 Å². The molecule has 0 aliphatic carbocycles. The van der Waals surface area contributed by atoms with Crippen LogP contribution in [0, 0.1) is 6.92 Å². The number of nitrogens with zero attached hydrogens (tertiary/aromatic N) is 5. The third-order valence-electron chi connectivity index (χ3n) is 6.39. The first-order valence-corrected chi connectivity index (χ1v) is 11.7. The summed E-state index contributed by atoms with van der Waals surface area (Å²) >= 11 is 0. The van der Waals surface area contributed by atoms with E-state index in [-0.39, 0.29) is 6.61 Å². The van der Waals surface area contributed by atoms with Crippen LogP contribution in [0.25, 0.3) is 11.4 Å². The van der Waals surface area contributed by atoms with Crippen LogP contribution in [0.2, 0.25) is 0 Å². The van der Waals surface area contributed by atoms with Crippen LogP contribution in [-0.4, -0.2) is 90.4 Å². The van der Waals surface area contributed by atoms with E-state index < -0.39 is 0 Å². The van der Waals surface area contributed by atoms with Gasteiger partial charge in [-0.3, -0.25) is 4.90 Å². The van der Waals surface area contributed by atoms with Gasteiger partial charge in [-0.25, -0.2) is 9.97 Å². The molecule has 1 aromatic carbocycles. The van der Waals surface area contributed by atoms with Crippen LogP contribution in [0.15, 0.2) is 30.5 Å². The summed E-state index contributed by atoms with van der Waals surface area (Å²) in [5.74, 6) is 1.71. The van der Waals surface area contributed by atoms with Crippen molar-refractivity contribution < 1.29 is 5.11 Å². The number of benzene rings is 1. The number of aryl methyl sites for hydroxylation is 1. The molecule has 2 saturated heterocycles. The molecule has 2 aromatic rings. The average molecular weight is 425 g/mol. The molecule has 31 heavy (non-hydrogen) atoms. The van der Waals surface area contributed by atoms with Gasteiger partial charge in [0.1, 0.15) is 5.82 Å². The molecule has 0 atom stereocenters. The highest BCUT2D eigenvalue weighted by molar-refractivity contribution is 5.62. The Bertz CT molecular complexity index is 813. The molecule has 2 aliphatic rings. The Morgan fingerprint density at radius 2 is 1.65 bits per heavy atom. The molecule has 7 heteroatoms. The number of β-amino-alcohol motifs (C(OH)–C–C–N with tert-alkyl or cyclic N) is 1. The molecule has 0 saturated carbocycles. The van der Waals surface area contributed by atoms with Crippen LogP contribution in [-0.2, 0) is 0 Å². The lowest BCUT2D eigenvalue weighted by atomic mass is 10.1. The molecule has 2 aliphatic heterocycles. The van der Waals surface area contributed by atoms with Crippen LogP contribution in [0.3, 0.4) is 0 Å². The zero-order valence-corrected chi connectivity index (χ0v) is 18.8. The minimum atomic E-state index is 0.237. The summed E-state index contributed by atoms with van der Waals surface area (Å²) in [6.07, 6.45) is 5.75. The highest BCUT2D eigenvalue weighted by Crippen LogP contribution is 2.23. The van der Waals surface area contributed by atoms with E-state index in [0.29, 0.717) is 0 Å². The van der Waals surface area contributed by atoms with Gasteiger partial charge in [-0.2, -0.15) is 0 Å². The zero-order valence-electron chi connectivity index (χ0n) is 18.8. The van der Waals surface area contributed by atoms with Gasteiger partial charge in [0.05, 0.1) is 6.61 Å². The third kappa shape index (κ3) is 5.93. The molecule has 3 heterocycles. The van der Waals surface area contributed by atoms with Gasteiger partial charge in [0.2, 0.25) is 0 Å². The third-order valence-corrected chi connectivity index (χ3v) is 6.39. The zero-order chi connectivity index (χ0) is 21.5. The van der Waals surface area contributed by atoms with Crippen LogP contribution in [0.5, 0.6) is 0 Å². The van der Waals surface area contributed by atoms with Crippen LogP contribution >= 0.6 is 0 Å². The number of likely N-dealkylation sites (tertiary alicyclic amines) is 1. The summed E-state index contributed by atoms with van der Waals surface area (Å²) in [6.45, 7) is 11.7. The quantitative estimate of drug-likeness (QED) is 0.600. The van der Waals surface area contributed by atoms with E-state index >= 15 is 0 Å². The minimum Gasteiger partial charge on any atom is -0.395 e. The summed E-state index contributed by atoms with van der Waals surface area (Å²) < 4.78 is 0. The summed E-state index contributed by atoms with van der Waals surface area (Å²) in [5, 5.41) is 12.6. The van der Waals surface area contributed by atoms with E-state index in [4.69, 9.17) is 10.1 Å². The van der Waals surface area contributed by atoms with Gasteiger partial charge >= 0.3 is 0 Å². The lowest BCUT2D eigenvalue weighted by Crippen LogP contribution is -2.47. The monoisotopic (exact) mass is 424 g/mol. The Balaban J connectivity index is 1.33. The van der Waals surface area contributed by atoms with Crippen LogP contribution in [0.1, 0.15) is 24.8 Å². The Kier molecular flexibility index (Phi) is 7.72. The summed E-state index contributed by atoms with van der Waals surface area (Å²) in [6, 6.07) is 8.58. The van der Waals surface area contributed by atoms with Gasteiger partial charge in [0, 0.05) is 62.3 Å². The van der Waals surface area contributed by atoms with Crippen molar-refractivity contribution in [2.24, 2.45) is 0 Å². The van der Waals surface area contributed by atoms with Gasteiger partial charge in [0.15, 0.2) is 5.82 Å². The Morgan fingerprint density at radius 3 is 2.35 bits per heavy atom. The molecule has 0 spiro atoms. The number of nitrogens with one attached hydrogen (secondary N) is 1. The standard InChI is InChI=1S/C24H36N6O/c1-20-19-26-24(27-23(20)25-9-4-12-28-10-2-3-11-28)21-5-7-22(8-6-21)30-15-13-29(14-16-30)17-18-31/h5-8,19,31H,2-4,9-18H2,1H3,(H,25,26,27). The van der Waals surface area contributed by atoms with Gasteiger partial charge < -0.3 is 20.2 Å². The number of aliphatic hydroxyl groups excluding tert-OH is 1. The highest BCUT2D eigenvalue weighted by atomic mass is 16.3. The molecule has 7 nitrogen and oxygen atoms in total. The second-order valence-electron chi connectivity index (χ2n) is 8.65. The molecule has 4 rings (SSSR count). The predicted octanol–water partition coefficient (Wildman–Crippen LogP) is 2.46. The van der Waals surface area contributed by atoms with Gasteiger partial charge in [-0.05, 0) is 70.1 Å². The first-order valence-electron chi connectivity index (χ1n) is 11.7. The van der Waals surface area contributed by atoms with Gasteiger partial charge in [-0.1, -0.05) is 0 Å². The molecule has 0 amide bonds. The average Bonchev–Trinajstić information content (AvgIpc) is 3.32. The maximum absolute atomic E-state index is 9.11. The predicted molar refractivity (Wildman–Crippen MR) is 127 cm³/mol. The number of anilines is 2. The van der Waals surface area contributed by atoms with E-state index in [1.165, 1.54) is 38.2 Å². The first-order chi connectivity index (χ1) is 15.2. The van der Waals surface area contributed by atoms with E-state index in [9.17, 15) is 0 Å². The van der Waals surface area contributed by atoms with Crippen molar-refractivity contribution in [3.8, 4) is 11.4 Å². The van der Waals surface area contributed by atoms with Crippen molar-refractivity contribution in [3.05, 3.63) is 36.0 Å². The molecular weight excluding hydrogens is 388 g/mol. The van der Waals surface area contributed by atoms with Crippen molar-refractivity contribution >= 4 is 11.5 Å². The Hall–Kier alpha value is -2.22. The molecule has 2 N–H and O–H groups in total. The van der Waals surface area contributed by atoms with Crippen LogP contribution < -0.4 is 10.2 Å². The molecular formula is C24H36N6O. The van der Waals surface area contributed by atoms with E-state index in [1.807, 2.05) is 6.20 Å². The largest absolute Gasteiger partial charge is 0.395 e. The summed E-state index contributed by atoms with van der Waals surface area (Å²) in [5.41, 5.74) is 3.37. The van der Waals surface area contributed by atoms with Crippen molar-refractivity contribution in [3.63, 3.8) is 0 Å². The van der Waals surface area contributed by atoms with E-state index in [2.05, 4.69) is 56.2 Å². The first kappa shape index (κ1) is 22.0. The summed E-state index contributed by atoms with van der Waals surface area (Å²) in [7, 11) is 0. The molecule has 0 bridgehead atoms. The lowest BCUT2D eigenvalue weighted by Gasteiger charge is -2.35. The van der Waals surface area contributed by atoms with E-state index in [0.717, 1.165) is 68.5 Å². The van der Waals surface area contributed by atoms with Crippen molar-refractivity contribution in [1.29, 1.82) is 0 Å². The summed E-state index contributed by atoms with van der Waals surface area (Å²) in [4.78, 5) is 16.6. The maximum Gasteiger partial charge on any atom is 0.161 e. The number of hydrogen-bond donors (Lipinski definition) is 2. The second-order valence-corrected chi connectivity index (χ2v) is 8.65. The van der Waals surface area contributed by atoms with Crippen molar-refractivity contribution in [2.45, 2.75) is 26.2 Å². The molecule has 0 radical (unpaired) electrons. The number of rotatable bonds is 9. The lowest BCUT2D eigenvalue weighted by molar-refractivity contribution is 0.189. The fourth-order valence-electron chi connectivity index (χ4n) is 4.47. The van der Waals surface area contributed by atoms with Crippen molar-refractivity contribution in [2.75, 3.05) is 75.7 Å². The minimum absolute atomic E-state index is 0.237. The molecule has 1 aromatic heterocycles. The van der Waals surface area contributed by atoms with E-state index in [1.54, 1.807) is 0 Å². The number of aromatic nitrogens is 2. The Morgan fingerprint density at radius 1 is 0.935 bits per heavy atom. The SMILES string of the molecule is Cc1cnc(-c2ccc(N3CCN(CCO)CC3)cc2)nc1NCCCN1CCCC1. The van der Waals surface area contributed by atoms with Crippen LogP contribution in [0.4, 0.5) is 11.5 Å². The van der Waals surface area contributed by atoms with Gasteiger partial charge in [-0.15, -0.1) is 0 Å². The highest BCUT2D eigenvalue weighted by Gasteiger charge is 2.17. The number of aliphatic hydroxyl groups is 1. The molecule has 2 fully saturated rings. The fourth-order valence-corrected chi connectivity index (χ4v) is 4.47. The van der Waals surface area contributed by atoms with Gasteiger partial charge in [0.25, 0.3) is 0 Å². The molecule has 0 unspecified atom stereocenters.